The number of nitrogens with zero attached hydrogens (tertiary/aromatic N) is 1. The summed E-state index contributed by atoms with van der Waals surface area (Å²) in [5.41, 5.74) is 2.86. The minimum absolute atomic E-state index is 0.145. The Morgan fingerprint density at radius 3 is 2.18 bits per heavy atom. The van der Waals surface area contributed by atoms with Crippen LogP contribution in [0.2, 0.25) is 0 Å². The Morgan fingerprint density at radius 2 is 1.57 bits per heavy atom. The second kappa shape index (κ2) is 7.43. The third-order valence-corrected chi connectivity index (χ3v) is 5.54. The second-order valence-corrected chi connectivity index (χ2v) is 7.18. The van der Waals surface area contributed by atoms with Crippen molar-refractivity contribution in [2.45, 2.75) is 26.2 Å². The Labute approximate surface area is 164 Å². The molecule has 1 heterocycles. The van der Waals surface area contributed by atoms with Crippen molar-refractivity contribution in [3.8, 4) is 0 Å². The smallest absolute Gasteiger partial charge is 0.255 e. The quantitative estimate of drug-likeness (QED) is 0.651. The Hall–Kier alpha value is -3.21. The molecule has 0 spiro atoms. The summed E-state index contributed by atoms with van der Waals surface area (Å²) < 4.78 is 0. The van der Waals surface area contributed by atoms with Gasteiger partial charge in [0.05, 0.1) is 17.5 Å². The molecule has 1 N–H and O–H groups in total. The van der Waals surface area contributed by atoms with Crippen LogP contribution in [0, 0.1) is 11.8 Å². The lowest BCUT2D eigenvalue weighted by atomic mass is 9.85. The molecule has 0 saturated carbocycles. The van der Waals surface area contributed by atoms with Crippen molar-refractivity contribution in [2.24, 2.45) is 11.8 Å². The Balaban J connectivity index is 1.52. The second-order valence-electron chi connectivity index (χ2n) is 7.18. The van der Waals surface area contributed by atoms with Crippen LogP contribution in [0.3, 0.4) is 0 Å². The molecule has 4 rings (SSSR count). The number of hydrogen-bond donors (Lipinski definition) is 1. The highest BCUT2D eigenvalue weighted by Crippen LogP contribution is 2.37. The molecule has 0 bridgehead atoms. The van der Waals surface area contributed by atoms with Gasteiger partial charge in [0.25, 0.3) is 5.91 Å². The van der Waals surface area contributed by atoms with Gasteiger partial charge < -0.3 is 5.32 Å². The molecule has 2 aromatic rings. The van der Waals surface area contributed by atoms with Gasteiger partial charge >= 0.3 is 0 Å². The summed E-state index contributed by atoms with van der Waals surface area (Å²) >= 11 is 0. The molecule has 0 unspecified atom stereocenters. The van der Waals surface area contributed by atoms with Crippen molar-refractivity contribution >= 4 is 29.1 Å². The highest BCUT2D eigenvalue weighted by atomic mass is 16.2. The van der Waals surface area contributed by atoms with Crippen LogP contribution in [0.15, 0.2) is 60.7 Å². The van der Waals surface area contributed by atoms with E-state index in [1.54, 1.807) is 24.3 Å². The van der Waals surface area contributed by atoms with Gasteiger partial charge in [-0.3, -0.25) is 19.3 Å². The molecule has 142 valence electrons. The molecule has 1 fully saturated rings. The van der Waals surface area contributed by atoms with E-state index in [-0.39, 0.29) is 29.6 Å². The standard InChI is InChI=1S/C23H22N2O3/c1-2-15-7-3-6-10-20(15)24-21(26)16-11-13-17(14-12-16)25-22(27)18-8-4-5-9-19(18)23(25)28/h3-7,10-14,18-19H,2,8-9H2,1H3,(H,24,26)/t18-,19-/m0/s1. The zero-order chi connectivity index (χ0) is 19.7. The average molecular weight is 374 g/mol. The molecule has 0 radical (unpaired) electrons. The van der Waals surface area contributed by atoms with Gasteiger partial charge in [-0.1, -0.05) is 37.3 Å². The zero-order valence-electron chi connectivity index (χ0n) is 15.7. The molecular weight excluding hydrogens is 352 g/mol. The van der Waals surface area contributed by atoms with Crippen molar-refractivity contribution in [3.05, 3.63) is 71.8 Å². The summed E-state index contributed by atoms with van der Waals surface area (Å²) in [6.07, 6.45) is 5.99. The lowest BCUT2D eigenvalue weighted by Gasteiger charge is -2.15. The van der Waals surface area contributed by atoms with Crippen LogP contribution in [0.4, 0.5) is 11.4 Å². The Bertz CT molecular complexity index is 936. The molecular formula is C23H22N2O3. The molecule has 2 atom stereocenters. The maximum absolute atomic E-state index is 12.7. The van der Waals surface area contributed by atoms with Crippen LogP contribution in [0.25, 0.3) is 0 Å². The molecule has 1 aliphatic heterocycles. The number of anilines is 2. The zero-order valence-corrected chi connectivity index (χ0v) is 15.7. The number of fused-ring (bicyclic) bond motifs is 1. The topological polar surface area (TPSA) is 66.5 Å². The highest BCUT2D eigenvalue weighted by molar-refractivity contribution is 6.22. The van der Waals surface area contributed by atoms with E-state index in [1.807, 2.05) is 43.3 Å². The van der Waals surface area contributed by atoms with Gasteiger partial charge in [-0.2, -0.15) is 0 Å². The van der Waals surface area contributed by atoms with Gasteiger partial charge in [0.1, 0.15) is 0 Å². The molecule has 0 aromatic heterocycles. The molecule has 2 aliphatic rings. The van der Waals surface area contributed by atoms with E-state index < -0.39 is 0 Å². The van der Waals surface area contributed by atoms with E-state index in [2.05, 4.69) is 5.32 Å². The number of para-hydroxylation sites is 1. The number of amides is 3. The fourth-order valence-electron chi connectivity index (χ4n) is 3.96. The molecule has 5 heteroatoms. The van der Waals surface area contributed by atoms with Crippen molar-refractivity contribution in [2.75, 3.05) is 10.2 Å². The number of hydrogen-bond acceptors (Lipinski definition) is 3. The van der Waals surface area contributed by atoms with E-state index in [4.69, 9.17) is 0 Å². The van der Waals surface area contributed by atoms with Gasteiger partial charge in [0.15, 0.2) is 0 Å². The summed E-state index contributed by atoms with van der Waals surface area (Å²) in [6, 6.07) is 14.3. The molecule has 1 saturated heterocycles. The van der Waals surface area contributed by atoms with Crippen molar-refractivity contribution in [1.29, 1.82) is 0 Å². The van der Waals surface area contributed by atoms with Gasteiger partial charge in [-0.25, -0.2) is 0 Å². The van der Waals surface area contributed by atoms with Gasteiger partial charge in [-0.15, -0.1) is 0 Å². The van der Waals surface area contributed by atoms with Crippen LogP contribution >= 0.6 is 0 Å². The van der Waals surface area contributed by atoms with Crippen LogP contribution in [0.5, 0.6) is 0 Å². The van der Waals surface area contributed by atoms with Crippen LogP contribution in [-0.4, -0.2) is 17.7 Å². The first-order valence-electron chi connectivity index (χ1n) is 9.62. The molecule has 2 aromatic carbocycles. The van der Waals surface area contributed by atoms with E-state index in [1.165, 1.54) is 4.90 Å². The summed E-state index contributed by atoms with van der Waals surface area (Å²) in [5, 5.41) is 2.93. The summed E-state index contributed by atoms with van der Waals surface area (Å²) in [7, 11) is 0. The van der Waals surface area contributed by atoms with Crippen LogP contribution in [0.1, 0.15) is 35.7 Å². The molecule has 1 aliphatic carbocycles. The minimum atomic E-state index is -0.258. The fraction of sp³-hybridized carbons (Fsp3) is 0.261. The van der Waals surface area contributed by atoms with Crippen LogP contribution in [-0.2, 0) is 16.0 Å². The lowest BCUT2D eigenvalue weighted by molar-refractivity contribution is -0.122. The lowest BCUT2D eigenvalue weighted by Crippen LogP contribution is -2.30. The molecule has 5 nitrogen and oxygen atoms in total. The SMILES string of the molecule is CCc1ccccc1NC(=O)c1ccc(N2C(=O)[C@H]3CC=CC[C@@H]3C2=O)cc1. The predicted octanol–water partition coefficient (Wildman–Crippen LogP) is 3.96. The maximum Gasteiger partial charge on any atom is 0.255 e. The molecule has 3 amide bonds. The summed E-state index contributed by atoms with van der Waals surface area (Å²) in [4.78, 5) is 39.2. The third-order valence-electron chi connectivity index (χ3n) is 5.54. The number of imide groups is 1. The Morgan fingerprint density at radius 1 is 0.964 bits per heavy atom. The monoisotopic (exact) mass is 374 g/mol. The number of allylic oxidation sites excluding steroid dienone is 2. The minimum Gasteiger partial charge on any atom is -0.322 e. The summed E-state index contributed by atoms with van der Waals surface area (Å²) in [5.74, 6) is -1.02. The van der Waals surface area contributed by atoms with Crippen molar-refractivity contribution in [3.63, 3.8) is 0 Å². The average Bonchev–Trinajstić information content (AvgIpc) is 2.99. The van der Waals surface area contributed by atoms with Crippen molar-refractivity contribution in [1.82, 2.24) is 0 Å². The number of nitrogens with one attached hydrogen (secondary N) is 1. The van der Waals surface area contributed by atoms with E-state index >= 15 is 0 Å². The highest BCUT2D eigenvalue weighted by Gasteiger charge is 2.47. The maximum atomic E-state index is 12.7. The number of carbonyl (C=O) groups excluding carboxylic acids is 3. The largest absolute Gasteiger partial charge is 0.322 e. The first kappa shape index (κ1) is 18.2. The number of aryl methyl sites for hydroxylation is 1. The van der Waals surface area contributed by atoms with Crippen LogP contribution < -0.4 is 10.2 Å². The first-order chi connectivity index (χ1) is 13.6. The summed E-state index contributed by atoms with van der Waals surface area (Å²) in [6.45, 7) is 2.04. The molecule has 28 heavy (non-hydrogen) atoms. The Kier molecular flexibility index (Phi) is 4.82. The first-order valence-corrected chi connectivity index (χ1v) is 9.62. The van der Waals surface area contributed by atoms with E-state index in [0.29, 0.717) is 24.1 Å². The normalized spacial score (nSPS) is 21.0. The van der Waals surface area contributed by atoms with Gasteiger partial charge in [-0.05, 0) is 55.2 Å². The number of rotatable bonds is 4. The van der Waals surface area contributed by atoms with Crippen molar-refractivity contribution < 1.29 is 14.4 Å². The van der Waals surface area contributed by atoms with E-state index in [0.717, 1.165) is 17.7 Å². The van der Waals surface area contributed by atoms with Gasteiger partial charge in [0.2, 0.25) is 11.8 Å². The number of benzene rings is 2. The third kappa shape index (κ3) is 3.13. The van der Waals surface area contributed by atoms with E-state index in [9.17, 15) is 14.4 Å². The van der Waals surface area contributed by atoms with Gasteiger partial charge in [0, 0.05) is 11.3 Å². The number of carbonyl (C=O) groups is 3. The fourth-order valence-corrected chi connectivity index (χ4v) is 3.96. The predicted molar refractivity (Wildman–Crippen MR) is 108 cm³/mol.